The smallest absolute Gasteiger partial charge is 0.226 e. The van der Waals surface area contributed by atoms with E-state index in [0.717, 1.165) is 20.7 Å². The third-order valence-corrected chi connectivity index (χ3v) is 5.72. The summed E-state index contributed by atoms with van der Waals surface area (Å²) < 4.78 is 17.4. The third-order valence-electron chi connectivity index (χ3n) is 4.13. The van der Waals surface area contributed by atoms with Gasteiger partial charge in [0.2, 0.25) is 5.91 Å². The summed E-state index contributed by atoms with van der Waals surface area (Å²) in [6, 6.07) is 7.26. The normalized spacial score (nSPS) is 14.0. The lowest BCUT2D eigenvalue weighted by molar-refractivity contribution is -0.121. The number of benzene rings is 1. The van der Waals surface area contributed by atoms with Gasteiger partial charge in [0.1, 0.15) is 13.2 Å². The average molecular weight is 449 g/mol. The van der Waals surface area contributed by atoms with Gasteiger partial charge in [-0.1, -0.05) is 15.9 Å². The maximum absolute atomic E-state index is 12.5. The molecule has 1 aliphatic rings. The highest BCUT2D eigenvalue weighted by atomic mass is 79.9. The van der Waals surface area contributed by atoms with Crippen LogP contribution in [0.15, 0.2) is 44.8 Å². The van der Waals surface area contributed by atoms with E-state index in [4.69, 9.17) is 13.9 Å². The highest BCUT2D eigenvalue weighted by molar-refractivity contribution is 9.10. The minimum absolute atomic E-state index is 0.0967. The van der Waals surface area contributed by atoms with Gasteiger partial charge in [0.05, 0.1) is 24.4 Å². The number of fused-ring (bicyclic) bond motifs is 1. The SMILES string of the molecule is CC(NC(=O)Cc1csc(-c2ccco2)n1)c1cc2c(cc1Br)OCCO2. The minimum atomic E-state index is -0.189. The fourth-order valence-corrected chi connectivity index (χ4v) is 4.30. The number of aromatic nitrogens is 1. The molecule has 1 amide bonds. The average Bonchev–Trinajstić information content (AvgIpc) is 3.32. The number of thiazole rings is 1. The predicted molar refractivity (Wildman–Crippen MR) is 105 cm³/mol. The van der Waals surface area contributed by atoms with E-state index in [1.165, 1.54) is 11.3 Å². The fourth-order valence-electron chi connectivity index (χ4n) is 2.85. The van der Waals surface area contributed by atoms with E-state index < -0.39 is 0 Å². The summed E-state index contributed by atoms with van der Waals surface area (Å²) in [4.78, 5) is 16.9. The molecule has 0 spiro atoms. The molecule has 0 aliphatic carbocycles. The topological polar surface area (TPSA) is 73.6 Å². The zero-order valence-electron chi connectivity index (χ0n) is 14.5. The Bertz CT molecular complexity index is 955. The number of carbonyl (C=O) groups is 1. The summed E-state index contributed by atoms with van der Waals surface area (Å²) in [7, 11) is 0. The summed E-state index contributed by atoms with van der Waals surface area (Å²) in [6.07, 6.45) is 1.82. The zero-order valence-corrected chi connectivity index (χ0v) is 16.9. The summed E-state index contributed by atoms with van der Waals surface area (Å²) in [5.41, 5.74) is 1.65. The first-order chi connectivity index (χ1) is 13.1. The molecule has 3 aromatic rings. The number of amides is 1. The Morgan fingerprint density at radius 3 is 2.85 bits per heavy atom. The lowest BCUT2D eigenvalue weighted by atomic mass is 10.1. The number of furan rings is 1. The predicted octanol–water partition coefficient (Wildman–Crippen LogP) is 4.36. The molecule has 0 saturated heterocycles. The second-order valence-electron chi connectivity index (χ2n) is 6.10. The van der Waals surface area contributed by atoms with E-state index in [0.29, 0.717) is 30.5 Å². The largest absolute Gasteiger partial charge is 0.486 e. The van der Waals surface area contributed by atoms with Gasteiger partial charge in [-0.2, -0.15) is 0 Å². The Hall–Kier alpha value is -2.32. The van der Waals surface area contributed by atoms with Crippen molar-refractivity contribution in [1.29, 1.82) is 0 Å². The van der Waals surface area contributed by atoms with Gasteiger partial charge in [-0.3, -0.25) is 4.79 Å². The third kappa shape index (κ3) is 4.01. The summed E-state index contributed by atoms with van der Waals surface area (Å²) in [5, 5.41) is 5.66. The van der Waals surface area contributed by atoms with Crippen molar-refractivity contribution in [1.82, 2.24) is 10.3 Å². The van der Waals surface area contributed by atoms with Crippen molar-refractivity contribution < 1.29 is 18.7 Å². The number of halogens is 1. The molecule has 140 valence electrons. The van der Waals surface area contributed by atoms with E-state index in [1.54, 1.807) is 6.26 Å². The van der Waals surface area contributed by atoms with Gasteiger partial charge in [-0.05, 0) is 36.8 Å². The number of nitrogens with one attached hydrogen (secondary N) is 1. The molecule has 8 heteroatoms. The molecule has 1 aromatic carbocycles. The van der Waals surface area contributed by atoms with Crippen molar-refractivity contribution >= 4 is 33.2 Å². The molecule has 0 saturated carbocycles. The molecule has 27 heavy (non-hydrogen) atoms. The van der Waals surface area contributed by atoms with Crippen LogP contribution in [0.2, 0.25) is 0 Å². The lowest BCUT2D eigenvalue weighted by Gasteiger charge is -2.22. The van der Waals surface area contributed by atoms with Crippen molar-refractivity contribution in [3.8, 4) is 22.3 Å². The van der Waals surface area contributed by atoms with Gasteiger partial charge in [0, 0.05) is 9.85 Å². The van der Waals surface area contributed by atoms with Gasteiger partial charge in [0.25, 0.3) is 0 Å². The van der Waals surface area contributed by atoms with E-state index in [2.05, 4.69) is 26.2 Å². The van der Waals surface area contributed by atoms with Crippen LogP contribution in [0.5, 0.6) is 11.5 Å². The van der Waals surface area contributed by atoms with Gasteiger partial charge in [0.15, 0.2) is 22.3 Å². The van der Waals surface area contributed by atoms with Crippen LogP contribution in [-0.4, -0.2) is 24.1 Å². The Balaban J connectivity index is 1.42. The minimum Gasteiger partial charge on any atom is -0.486 e. The molecular formula is C19H17BrN2O4S. The Morgan fingerprint density at radius 1 is 1.33 bits per heavy atom. The molecule has 1 unspecified atom stereocenters. The molecule has 4 rings (SSSR count). The van der Waals surface area contributed by atoms with Gasteiger partial charge < -0.3 is 19.2 Å². The van der Waals surface area contributed by atoms with Crippen LogP contribution >= 0.6 is 27.3 Å². The first-order valence-corrected chi connectivity index (χ1v) is 10.1. The first kappa shape index (κ1) is 18.1. The van der Waals surface area contributed by atoms with Crippen LogP contribution in [-0.2, 0) is 11.2 Å². The first-order valence-electron chi connectivity index (χ1n) is 8.47. The van der Waals surface area contributed by atoms with E-state index >= 15 is 0 Å². The van der Waals surface area contributed by atoms with Gasteiger partial charge in [-0.15, -0.1) is 11.3 Å². The van der Waals surface area contributed by atoms with Crippen LogP contribution in [0, 0.1) is 0 Å². The Labute approximate surface area is 168 Å². The van der Waals surface area contributed by atoms with Crippen LogP contribution in [0.1, 0.15) is 24.2 Å². The molecule has 2 aromatic heterocycles. The van der Waals surface area contributed by atoms with Crippen molar-refractivity contribution in [2.75, 3.05) is 13.2 Å². The highest BCUT2D eigenvalue weighted by Gasteiger charge is 2.20. The number of carbonyl (C=O) groups excluding carboxylic acids is 1. The molecular weight excluding hydrogens is 432 g/mol. The molecule has 3 heterocycles. The van der Waals surface area contributed by atoms with Gasteiger partial charge >= 0.3 is 0 Å². The zero-order chi connectivity index (χ0) is 18.8. The quantitative estimate of drug-likeness (QED) is 0.627. The standard InChI is InChI=1S/C19H17BrN2O4S/c1-11(13-8-16-17(9-14(13)20)26-6-5-25-16)21-18(23)7-12-10-27-19(22-12)15-3-2-4-24-15/h2-4,8-11H,5-7H2,1H3,(H,21,23). The number of rotatable bonds is 5. The second kappa shape index (κ2) is 7.74. The van der Waals surface area contributed by atoms with Crippen molar-refractivity contribution in [2.24, 2.45) is 0 Å². The molecule has 0 fully saturated rings. The van der Waals surface area contributed by atoms with Crippen molar-refractivity contribution in [3.05, 3.63) is 51.6 Å². The maximum atomic E-state index is 12.5. The number of hydrogen-bond donors (Lipinski definition) is 1. The van der Waals surface area contributed by atoms with E-state index in [1.807, 2.05) is 36.6 Å². The fraction of sp³-hybridized carbons (Fsp3) is 0.263. The van der Waals surface area contributed by atoms with E-state index in [9.17, 15) is 4.79 Å². The number of nitrogens with zero attached hydrogens (tertiary/aromatic N) is 1. The van der Waals surface area contributed by atoms with Crippen molar-refractivity contribution in [2.45, 2.75) is 19.4 Å². The number of ether oxygens (including phenoxy) is 2. The van der Waals surface area contributed by atoms with Crippen molar-refractivity contribution in [3.63, 3.8) is 0 Å². The van der Waals surface area contributed by atoms with Gasteiger partial charge in [-0.25, -0.2) is 4.98 Å². The molecule has 0 radical (unpaired) electrons. The Kier molecular flexibility index (Phi) is 5.18. The van der Waals surface area contributed by atoms with E-state index in [-0.39, 0.29) is 18.4 Å². The summed E-state index contributed by atoms with van der Waals surface area (Å²) in [5.74, 6) is 2.02. The Morgan fingerprint density at radius 2 is 2.11 bits per heavy atom. The summed E-state index contributed by atoms with van der Waals surface area (Å²) >= 11 is 5.01. The number of hydrogen-bond acceptors (Lipinski definition) is 6. The monoisotopic (exact) mass is 448 g/mol. The maximum Gasteiger partial charge on any atom is 0.226 e. The lowest BCUT2D eigenvalue weighted by Crippen LogP contribution is -2.28. The summed E-state index contributed by atoms with van der Waals surface area (Å²) in [6.45, 7) is 3.00. The van der Waals surface area contributed by atoms with Crippen LogP contribution in [0.4, 0.5) is 0 Å². The molecule has 1 N–H and O–H groups in total. The van der Waals surface area contributed by atoms with Crippen LogP contribution in [0.3, 0.4) is 0 Å². The molecule has 6 nitrogen and oxygen atoms in total. The molecule has 0 bridgehead atoms. The highest BCUT2D eigenvalue weighted by Crippen LogP contribution is 2.37. The van der Waals surface area contributed by atoms with Crippen LogP contribution in [0.25, 0.3) is 10.8 Å². The molecule has 1 aliphatic heterocycles. The molecule has 1 atom stereocenters. The second-order valence-corrected chi connectivity index (χ2v) is 7.82. The van der Waals surface area contributed by atoms with Crippen LogP contribution < -0.4 is 14.8 Å².